The largest absolute Gasteiger partial charge is 0.423 e. The van der Waals surface area contributed by atoms with Crippen molar-refractivity contribution in [1.29, 1.82) is 0 Å². The fourth-order valence-electron chi connectivity index (χ4n) is 2.91. The minimum Gasteiger partial charge on any atom is -0.423 e. The van der Waals surface area contributed by atoms with Crippen LogP contribution in [0.1, 0.15) is 26.3 Å². The van der Waals surface area contributed by atoms with Crippen molar-refractivity contribution in [3.8, 4) is 5.75 Å². The molecule has 0 aliphatic carbocycles. The van der Waals surface area contributed by atoms with Gasteiger partial charge >= 0.3 is 21.9 Å². The van der Waals surface area contributed by atoms with Crippen LogP contribution < -0.4 is 15.1 Å². The summed E-state index contributed by atoms with van der Waals surface area (Å²) in [7, 11) is -4.53. The van der Waals surface area contributed by atoms with Crippen LogP contribution in [0.5, 0.6) is 5.75 Å². The Labute approximate surface area is 165 Å². The SMILES string of the molecule is O=C1NC(=O)c2cc(S(=O)(=O)Oc3ccc4c(C(F)(F)F)cc(=O)oc4c3)ccc21. The molecule has 0 saturated heterocycles. The van der Waals surface area contributed by atoms with Crippen LogP contribution in [0.15, 0.2) is 56.6 Å². The van der Waals surface area contributed by atoms with Gasteiger partial charge in [-0.1, -0.05) is 0 Å². The Morgan fingerprint density at radius 1 is 0.900 bits per heavy atom. The molecular weight excluding hydrogens is 431 g/mol. The average Bonchev–Trinajstić information content (AvgIpc) is 2.93. The van der Waals surface area contributed by atoms with E-state index in [2.05, 4.69) is 0 Å². The summed E-state index contributed by atoms with van der Waals surface area (Å²) in [6, 6.07) is 6.08. The lowest BCUT2D eigenvalue weighted by atomic mass is 10.1. The molecule has 0 spiro atoms. The van der Waals surface area contributed by atoms with Crippen molar-refractivity contribution < 1.29 is 39.8 Å². The van der Waals surface area contributed by atoms with Gasteiger partial charge < -0.3 is 8.60 Å². The maximum atomic E-state index is 13.1. The number of carbonyl (C=O) groups is 2. The highest BCUT2D eigenvalue weighted by molar-refractivity contribution is 7.87. The number of amides is 2. The van der Waals surface area contributed by atoms with Gasteiger partial charge in [0.2, 0.25) is 0 Å². The van der Waals surface area contributed by atoms with E-state index in [9.17, 15) is 36.0 Å². The van der Waals surface area contributed by atoms with E-state index in [0.717, 1.165) is 36.4 Å². The molecule has 8 nitrogen and oxygen atoms in total. The Kier molecular flexibility index (Phi) is 4.20. The number of carbonyl (C=O) groups excluding carboxylic acids is 2. The van der Waals surface area contributed by atoms with Gasteiger partial charge in [-0.15, -0.1) is 0 Å². The van der Waals surface area contributed by atoms with E-state index in [4.69, 9.17) is 8.60 Å². The number of rotatable bonds is 3. The van der Waals surface area contributed by atoms with Crippen LogP contribution >= 0.6 is 0 Å². The lowest BCUT2D eigenvalue weighted by Crippen LogP contribution is -2.19. The van der Waals surface area contributed by atoms with Gasteiger partial charge in [-0.05, 0) is 30.3 Å². The minimum atomic E-state index is -4.83. The number of fused-ring (bicyclic) bond motifs is 2. The van der Waals surface area contributed by atoms with Crippen LogP contribution in [-0.2, 0) is 16.3 Å². The van der Waals surface area contributed by atoms with E-state index in [0.29, 0.717) is 0 Å². The van der Waals surface area contributed by atoms with Crippen molar-refractivity contribution >= 4 is 32.9 Å². The topological polar surface area (TPSA) is 120 Å². The first-order valence-electron chi connectivity index (χ1n) is 8.05. The number of benzene rings is 2. The Bertz CT molecular complexity index is 1410. The van der Waals surface area contributed by atoms with Gasteiger partial charge in [0.25, 0.3) is 11.8 Å². The van der Waals surface area contributed by atoms with Crippen LogP contribution in [-0.4, -0.2) is 20.2 Å². The van der Waals surface area contributed by atoms with Gasteiger partial charge in [0, 0.05) is 17.5 Å². The number of nitrogens with one attached hydrogen (secondary N) is 1. The van der Waals surface area contributed by atoms with Crippen LogP contribution in [0.2, 0.25) is 0 Å². The van der Waals surface area contributed by atoms with Crippen molar-refractivity contribution in [3.63, 3.8) is 0 Å². The van der Waals surface area contributed by atoms with Crippen molar-refractivity contribution in [2.45, 2.75) is 11.1 Å². The van der Waals surface area contributed by atoms with E-state index in [-0.39, 0.29) is 17.2 Å². The second-order valence-electron chi connectivity index (χ2n) is 6.16. The van der Waals surface area contributed by atoms with Crippen LogP contribution in [0.3, 0.4) is 0 Å². The summed E-state index contributed by atoms with van der Waals surface area (Å²) in [6.07, 6.45) is -4.83. The fraction of sp³-hybridized carbons (Fsp3) is 0.0556. The molecule has 2 aromatic carbocycles. The number of alkyl halides is 3. The van der Waals surface area contributed by atoms with Crippen LogP contribution in [0.25, 0.3) is 11.0 Å². The predicted octanol–water partition coefficient (Wildman–Crippen LogP) is 2.46. The smallest absolute Gasteiger partial charge is 0.417 e. The predicted molar refractivity (Wildman–Crippen MR) is 93.5 cm³/mol. The summed E-state index contributed by atoms with van der Waals surface area (Å²) in [6.45, 7) is 0. The molecule has 0 atom stereocenters. The second kappa shape index (κ2) is 6.42. The summed E-state index contributed by atoms with van der Waals surface area (Å²) >= 11 is 0. The Hall–Kier alpha value is -3.67. The zero-order valence-electron chi connectivity index (χ0n) is 14.4. The monoisotopic (exact) mass is 439 g/mol. The summed E-state index contributed by atoms with van der Waals surface area (Å²) in [5.74, 6) is -1.88. The van der Waals surface area contributed by atoms with Gasteiger partial charge in [0.05, 0.1) is 16.7 Å². The maximum absolute atomic E-state index is 13.1. The normalized spacial score (nSPS) is 14.0. The lowest BCUT2D eigenvalue weighted by Gasteiger charge is -2.11. The highest BCUT2D eigenvalue weighted by Gasteiger charge is 2.34. The highest BCUT2D eigenvalue weighted by Crippen LogP contribution is 2.35. The molecule has 12 heteroatoms. The first-order chi connectivity index (χ1) is 14.0. The Morgan fingerprint density at radius 2 is 1.60 bits per heavy atom. The molecule has 1 N–H and O–H groups in total. The highest BCUT2D eigenvalue weighted by atomic mass is 32.2. The molecule has 0 radical (unpaired) electrons. The van der Waals surface area contributed by atoms with Crippen LogP contribution in [0, 0.1) is 0 Å². The summed E-state index contributed by atoms with van der Waals surface area (Å²) in [5.41, 5.74) is -3.21. The van der Waals surface area contributed by atoms with Crippen LogP contribution in [0.4, 0.5) is 13.2 Å². The second-order valence-corrected chi connectivity index (χ2v) is 7.71. The van der Waals surface area contributed by atoms with Crippen molar-refractivity contribution in [2.75, 3.05) is 0 Å². The molecule has 1 aliphatic heterocycles. The average molecular weight is 439 g/mol. The Balaban J connectivity index is 1.74. The van der Waals surface area contributed by atoms with Crippen molar-refractivity contribution in [3.05, 3.63) is 69.6 Å². The molecule has 1 aromatic heterocycles. The third-order valence-corrected chi connectivity index (χ3v) is 5.47. The third-order valence-electron chi connectivity index (χ3n) is 4.22. The van der Waals surface area contributed by atoms with E-state index in [1.807, 2.05) is 5.32 Å². The van der Waals surface area contributed by atoms with Crippen molar-refractivity contribution in [1.82, 2.24) is 5.32 Å². The van der Waals surface area contributed by atoms with E-state index >= 15 is 0 Å². The van der Waals surface area contributed by atoms with Gasteiger partial charge in [-0.3, -0.25) is 14.9 Å². The standard InChI is InChI=1S/C18H8F3NO7S/c19-18(20,21)13-7-15(23)28-14-5-8(1-3-11(13)14)29-30(26,27)9-2-4-10-12(6-9)17(25)22-16(10)24/h1-7H,(H,22,24,25). The van der Waals surface area contributed by atoms with E-state index < -0.39 is 60.9 Å². The quantitative estimate of drug-likeness (QED) is 0.378. The summed E-state index contributed by atoms with van der Waals surface area (Å²) < 4.78 is 73.9. The minimum absolute atomic E-state index is 0.00823. The first-order valence-corrected chi connectivity index (χ1v) is 9.46. The van der Waals surface area contributed by atoms with Gasteiger partial charge in [-0.25, -0.2) is 4.79 Å². The lowest BCUT2D eigenvalue weighted by molar-refractivity contribution is -0.136. The zero-order chi connectivity index (χ0) is 21.8. The molecule has 4 rings (SSSR count). The van der Waals surface area contributed by atoms with Gasteiger partial charge in [0.15, 0.2) is 0 Å². The fourth-order valence-corrected chi connectivity index (χ4v) is 3.86. The molecule has 0 unspecified atom stereocenters. The van der Waals surface area contributed by atoms with Gasteiger partial charge in [-0.2, -0.15) is 21.6 Å². The van der Waals surface area contributed by atoms with E-state index in [1.54, 1.807) is 0 Å². The first kappa shape index (κ1) is 19.6. The number of hydrogen-bond donors (Lipinski definition) is 1. The summed E-state index contributed by atoms with van der Waals surface area (Å²) in [4.78, 5) is 34.2. The molecule has 30 heavy (non-hydrogen) atoms. The Morgan fingerprint density at radius 3 is 2.30 bits per heavy atom. The summed E-state index contributed by atoms with van der Waals surface area (Å²) in [5, 5.41) is 1.55. The number of hydrogen-bond acceptors (Lipinski definition) is 7. The molecule has 0 saturated carbocycles. The molecule has 2 heterocycles. The van der Waals surface area contributed by atoms with Gasteiger partial charge in [0.1, 0.15) is 16.2 Å². The van der Waals surface area contributed by atoms with Crippen molar-refractivity contribution in [2.24, 2.45) is 0 Å². The molecular formula is C18H8F3NO7S. The zero-order valence-corrected chi connectivity index (χ0v) is 15.3. The molecule has 3 aromatic rings. The number of imide groups is 1. The number of halogens is 3. The molecule has 0 bridgehead atoms. The molecule has 0 fully saturated rings. The molecule has 2 amide bonds. The molecule has 154 valence electrons. The maximum Gasteiger partial charge on any atom is 0.417 e. The molecule has 1 aliphatic rings. The van der Waals surface area contributed by atoms with E-state index in [1.165, 1.54) is 0 Å². The third kappa shape index (κ3) is 3.30.